The van der Waals surface area contributed by atoms with Crippen molar-refractivity contribution in [1.82, 2.24) is 0 Å². The Morgan fingerprint density at radius 2 is 2.20 bits per heavy atom. The van der Waals surface area contributed by atoms with E-state index in [9.17, 15) is 9.90 Å². The minimum atomic E-state index is -1.28. The molecular formula is C18H28O7. The van der Waals surface area contributed by atoms with Crippen molar-refractivity contribution < 1.29 is 33.3 Å². The second-order valence-electron chi connectivity index (χ2n) is 6.97. The predicted octanol–water partition coefficient (Wildman–Crippen LogP) is 2.74. The minimum absolute atomic E-state index is 0.261. The summed E-state index contributed by atoms with van der Waals surface area (Å²) in [4.78, 5) is 12.0. The Labute approximate surface area is 148 Å². The largest absolute Gasteiger partial charge is 0.463 e. The number of esters is 1. The highest BCUT2D eigenvalue weighted by atomic mass is 16.7. The number of carbonyl (C=O) groups excluding carboxylic acids is 1. The summed E-state index contributed by atoms with van der Waals surface area (Å²) in [5, 5.41) is 11.0. The van der Waals surface area contributed by atoms with Gasteiger partial charge < -0.3 is 28.5 Å². The van der Waals surface area contributed by atoms with E-state index in [0.717, 1.165) is 0 Å². The zero-order valence-electron chi connectivity index (χ0n) is 15.8. The molecule has 1 unspecified atom stereocenters. The Hall–Kier alpha value is -1.41. The third-order valence-corrected chi connectivity index (χ3v) is 4.20. The molecule has 0 saturated carbocycles. The van der Waals surface area contributed by atoms with Gasteiger partial charge in [0, 0.05) is 13.5 Å². The zero-order valence-corrected chi connectivity index (χ0v) is 15.8. The van der Waals surface area contributed by atoms with Gasteiger partial charge in [-0.25, -0.2) is 4.79 Å². The van der Waals surface area contributed by atoms with Crippen molar-refractivity contribution in [2.45, 2.75) is 64.6 Å². The maximum absolute atomic E-state index is 12.0. The first-order chi connectivity index (χ1) is 11.6. The van der Waals surface area contributed by atoms with Crippen molar-refractivity contribution in [1.29, 1.82) is 0 Å². The van der Waals surface area contributed by atoms with Gasteiger partial charge in [0.25, 0.3) is 0 Å². The molecule has 1 aliphatic rings. The summed E-state index contributed by atoms with van der Waals surface area (Å²) in [5.74, 6) is -0.334. The Morgan fingerprint density at radius 3 is 2.72 bits per heavy atom. The van der Waals surface area contributed by atoms with Gasteiger partial charge in [0.15, 0.2) is 5.79 Å². The maximum atomic E-state index is 12.0. The highest BCUT2D eigenvalue weighted by molar-refractivity contribution is 5.90. The normalized spacial score (nSPS) is 23.2. The molecule has 1 aromatic heterocycles. The first-order valence-corrected chi connectivity index (χ1v) is 8.44. The number of rotatable bonds is 7. The highest BCUT2D eigenvalue weighted by Gasteiger charge is 2.42. The number of hydrogen-bond acceptors (Lipinski definition) is 7. The number of aryl methyl sites for hydroxylation is 1. The van der Waals surface area contributed by atoms with Gasteiger partial charge in [0.2, 0.25) is 0 Å². The van der Waals surface area contributed by atoms with Crippen molar-refractivity contribution in [3.63, 3.8) is 0 Å². The monoisotopic (exact) mass is 356 g/mol. The molecule has 7 heteroatoms. The van der Waals surface area contributed by atoms with Crippen LogP contribution in [0.25, 0.3) is 0 Å². The Kier molecular flexibility index (Phi) is 5.93. The van der Waals surface area contributed by atoms with Crippen LogP contribution in [0.5, 0.6) is 0 Å². The van der Waals surface area contributed by atoms with E-state index in [0.29, 0.717) is 30.1 Å². The van der Waals surface area contributed by atoms with Crippen molar-refractivity contribution in [3.05, 3.63) is 23.2 Å². The molecule has 1 N–H and O–H groups in total. The Balaban J connectivity index is 2.17. The summed E-state index contributed by atoms with van der Waals surface area (Å²) < 4.78 is 27.5. The molecular weight excluding hydrogens is 328 g/mol. The fourth-order valence-electron chi connectivity index (χ4n) is 3.15. The lowest BCUT2D eigenvalue weighted by Crippen LogP contribution is -2.38. The van der Waals surface area contributed by atoms with Crippen molar-refractivity contribution in [2.24, 2.45) is 0 Å². The standard InChI is InChI=1S/C18H28O7/c1-7-22-16(19)13-8-14(24-11(13)2)15(21-6)18(5,20)9-12-10-23-17(3,4)25-12/h8,12,15,20H,7,9-10H2,1-6H3/t12-,15?,18+/m0/s1. The van der Waals surface area contributed by atoms with E-state index in [1.54, 1.807) is 26.8 Å². The quantitative estimate of drug-likeness (QED) is 0.752. The molecule has 25 heavy (non-hydrogen) atoms. The van der Waals surface area contributed by atoms with Gasteiger partial charge in [0.1, 0.15) is 23.2 Å². The molecule has 2 heterocycles. The van der Waals surface area contributed by atoms with Crippen LogP contribution in [0.1, 0.15) is 62.1 Å². The van der Waals surface area contributed by atoms with Crippen molar-refractivity contribution >= 4 is 5.97 Å². The van der Waals surface area contributed by atoms with Crippen LogP contribution in [0.4, 0.5) is 0 Å². The molecule has 0 aromatic carbocycles. The van der Waals surface area contributed by atoms with Crippen LogP contribution in [-0.4, -0.2) is 48.9 Å². The summed E-state index contributed by atoms with van der Waals surface area (Å²) in [5.41, 5.74) is -0.948. The molecule has 2 rings (SSSR count). The van der Waals surface area contributed by atoms with E-state index in [-0.39, 0.29) is 12.7 Å². The second-order valence-corrected chi connectivity index (χ2v) is 6.97. The van der Waals surface area contributed by atoms with Gasteiger partial charge in [-0.1, -0.05) is 0 Å². The van der Waals surface area contributed by atoms with E-state index in [1.165, 1.54) is 7.11 Å². The fraction of sp³-hybridized carbons (Fsp3) is 0.722. The van der Waals surface area contributed by atoms with Crippen molar-refractivity contribution in [2.75, 3.05) is 20.3 Å². The molecule has 0 aliphatic carbocycles. The van der Waals surface area contributed by atoms with Gasteiger partial charge in [-0.15, -0.1) is 0 Å². The second kappa shape index (κ2) is 7.45. The molecule has 1 fully saturated rings. The average molecular weight is 356 g/mol. The first-order valence-electron chi connectivity index (χ1n) is 8.44. The molecule has 1 aromatic rings. The number of carbonyl (C=O) groups is 1. The smallest absolute Gasteiger partial charge is 0.341 e. The molecule has 142 valence electrons. The van der Waals surface area contributed by atoms with E-state index >= 15 is 0 Å². The predicted molar refractivity (Wildman–Crippen MR) is 89.3 cm³/mol. The summed E-state index contributed by atoms with van der Waals surface area (Å²) in [6.45, 7) is 9.39. The third-order valence-electron chi connectivity index (χ3n) is 4.20. The lowest BCUT2D eigenvalue weighted by Gasteiger charge is -2.32. The first kappa shape index (κ1) is 19.9. The van der Waals surface area contributed by atoms with E-state index < -0.39 is 23.5 Å². The third kappa shape index (κ3) is 4.61. The summed E-state index contributed by atoms with van der Waals surface area (Å²) >= 11 is 0. The number of aliphatic hydroxyl groups is 1. The van der Waals surface area contributed by atoms with Gasteiger partial charge in [-0.3, -0.25) is 0 Å². The van der Waals surface area contributed by atoms with Gasteiger partial charge in [0.05, 0.1) is 24.9 Å². The lowest BCUT2D eigenvalue weighted by atomic mass is 9.90. The zero-order chi connectivity index (χ0) is 18.8. The fourth-order valence-corrected chi connectivity index (χ4v) is 3.15. The average Bonchev–Trinajstić information content (AvgIpc) is 3.01. The maximum Gasteiger partial charge on any atom is 0.341 e. The van der Waals surface area contributed by atoms with Gasteiger partial charge in [-0.2, -0.15) is 0 Å². The van der Waals surface area contributed by atoms with E-state index in [1.807, 2.05) is 13.8 Å². The van der Waals surface area contributed by atoms with Crippen LogP contribution in [0.15, 0.2) is 10.5 Å². The van der Waals surface area contributed by atoms with Gasteiger partial charge >= 0.3 is 5.97 Å². The minimum Gasteiger partial charge on any atom is -0.463 e. The molecule has 0 amide bonds. The van der Waals surface area contributed by atoms with Gasteiger partial charge in [-0.05, 0) is 40.7 Å². The summed E-state index contributed by atoms with van der Waals surface area (Å²) in [6.07, 6.45) is -0.728. The van der Waals surface area contributed by atoms with Crippen LogP contribution in [0.2, 0.25) is 0 Å². The molecule has 1 saturated heterocycles. The van der Waals surface area contributed by atoms with Crippen LogP contribution >= 0.6 is 0 Å². The Morgan fingerprint density at radius 1 is 1.52 bits per heavy atom. The molecule has 0 bridgehead atoms. The molecule has 3 atom stereocenters. The molecule has 0 spiro atoms. The number of hydrogen-bond donors (Lipinski definition) is 1. The summed E-state index contributed by atoms with van der Waals surface area (Å²) in [7, 11) is 1.48. The molecule has 1 aliphatic heterocycles. The molecule has 7 nitrogen and oxygen atoms in total. The van der Waals surface area contributed by atoms with Crippen LogP contribution < -0.4 is 0 Å². The lowest BCUT2D eigenvalue weighted by molar-refractivity contribution is -0.156. The number of ether oxygens (including phenoxy) is 4. The SMILES string of the molecule is CCOC(=O)c1cc(C(OC)[C@](C)(O)C[C@H]2COC(C)(C)O2)oc1C. The van der Waals surface area contributed by atoms with E-state index in [4.69, 9.17) is 23.4 Å². The Bertz CT molecular complexity index is 603. The molecule has 0 radical (unpaired) electrons. The van der Waals surface area contributed by atoms with Crippen LogP contribution in [0, 0.1) is 6.92 Å². The topological polar surface area (TPSA) is 87.4 Å². The van der Waals surface area contributed by atoms with Crippen LogP contribution in [-0.2, 0) is 18.9 Å². The number of methoxy groups -OCH3 is 1. The highest BCUT2D eigenvalue weighted by Crippen LogP contribution is 2.37. The van der Waals surface area contributed by atoms with E-state index in [2.05, 4.69) is 0 Å². The van der Waals surface area contributed by atoms with Crippen LogP contribution in [0.3, 0.4) is 0 Å². The summed E-state index contributed by atoms with van der Waals surface area (Å²) in [6, 6.07) is 1.56. The van der Waals surface area contributed by atoms with Crippen molar-refractivity contribution in [3.8, 4) is 0 Å². The number of furan rings is 1.